The third-order valence-electron chi connectivity index (χ3n) is 3.44. The summed E-state index contributed by atoms with van der Waals surface area (Å²) in [6.07, 6.45) is 2.69. The summed E-state index contributed by atoms with van der Waals surface area (Å²) in [7, 11) is -2.09. The second-order valence-electron chi connectivity index (χ2n) is 5.02. The molecule has 122 valence electrons. The Kier molecular flexibility index (Phi) is 4.39. The van der Waals surface area contributed by atoms with Crippen LogP contribution in [0.1, 0.15) is 10.4 Å². The van der Waals surface area contributed by atoms with Gasteiger partial charge in [0, 0.05) is 30.2 Å². The summed E-state index contributed by atoms with van der Waals surface area (Å²) in [5, 5.41) is 20.5. The average Bonchev–Trinajstić information content (AvgIpc) is 3.25. The lowest BCUT2D eigenvalue weighted by atomic mass is 9.95. The fourth-order valence-corrected chi connectivity index (χ4v) is 4.78. The summed E-state index contributed by atoms with van der Waals surface area (Å²) in [6.45, 7) is -0.151. The molecule has 6 nitrogen and oxygen atoms in total. The van der Waals surface area contributed by atoms with E-state index in [1.807, 2.05) is 22.2 Å². The lowest BCUT2D eigenvalue weighted by Gasteiger charge is -2.26. The molecule has 0 radical (unpaired) electrons. The largest absolute Gasteiger partial charge is 0.378 e. The number of sulfonamides is 1. The Morgan fingerprint density at radius 2 is 2.22 bits per heavy atom. The molecule has 0 spiro atoms. The maximum absolute atomic E-state index is 12.4. The monoisotopic (exact) mass is 369 g/mol. The zero-order valence-electron chi connectivity index (χ0n) is 12.2. The van der Waals surface area contributed by atoms with Crippen LogP contribution in [-0.4, -0.2) is 29.8 Å². The molecule has 0 saturated carbocycles. The van der Waals surface area contributed by atoms with Gasteiger partial charge < -0.3 is 5.11 Å². The minimum Gasteiger partial charge on any atom is -0.378 e. The number of thiophene rings is 2. The SMILES string of the molecule is Cn1cc(S(=O)(=O)NC[C@@](O)(c2ccsc2)c2cccs2)cn1. The highest BCUT2D eigenvalue weighted by molar-refractivity contribution is 7.89. The number of hydrogen-bond acceptors (Lipinski definition) is 6. The second-order valence-corrected chi connectivity index (χ2v) is 8.52. The quantitative estimate of drug-likeness (QED) is 0.693. The highest BCUT2D eigenvalue weighted by atomic mass is 32.2. The first-order valence-corrected chi connectivity index (χ1v) is 10.00. The van der Waals surface area contributed by atoms with E-state index in [0.29, 0.717) is 10.4 Å². The molecule has 3 aromatic rings. The standard InChI is InChI=1S/C14H15N3O3S3/c1-17-8-12(7-15-17)23(19,20)16-10-14(18,11-4-6-21-9-11)13-3-2-5-22-13/h2-9,16,18H,10H2,1H3/t14-/m1/s1. The molecule has 0 aromatic carbocycles. The van der Waals surface area contributed by atoms with Crippen LogP contribution in [0, 0.1) is 0 Å². The smallest absolute Gasteiger partial charge is 0.243 e. The molecule has 0 bridgehead atoms. The number of nitrogens with one attached hydrogen (secondary N) is 1. The summed E-state index contributed by atoms with van der Waals surface area (Å²) in [5.41, 5.74) is -0.734. The van der Waals surface area contributed by atoms with E-state index in [9.17, 15) is 13.5 Å². The molecule has 0 fully saturated rings. The normalized spacial score (nSPS) is 14.7. The molecular formula is C14H15N3O3S3. The minimum absolute atomic E-state index is 0.0684. The van der Waals surface area contributed by atoms with Crippen molar-refractivity contribution in [3.05, 3.63) is 57.2 Å². The Bertz CT molecular complexity index is 833. The zero-order chi connectivity index (χ0) is 16.5. The number of aliphatic hydroxyl groups is 1. The first kappa shape index (κ1) is 16.3. The predicted octanol–water partition coefficient (Wildman–Crippen LogP) is 1.76. The third kappa shape index (κ3) is 3.24. The van der Waals surface area contributed by atoms with Gasteiger partial charge in [0.05, 0.1) is 6.20 Å². The van der Waals surface area contributed by atoms with Crippen molar-refractivity contribution in [2.24, 2.45) is 7.05 Å². The van der Waals surface area contributed by atoms with Crippen molar-refractivity contribution in [3.8, 4) is 0 Å². The van der Waals surface area contributed by atoms with E-state index in [0.717, 1.165) is 0 Å². The fourth-order valence-electron chi connectivity index (χ4n) is 2.17. The van der Waals surface area contributed by atoms with Crippen LogP contribution in [0.3, 0.4) is 0 Å². The van der Waals surface area contributed by atoms with Crippen LogP contribution in [0.5, 0.6) is 0 Å². The molecule has 2 N–H and O–H groups in total. The van der Waals surface area contributed by atoms with Gasteiger partial charge in [-0.15, -0.1) is 11.3 Å². The molecule has 23 heavy (non-hydrogen) atoms. The first-order valence-electron chi connectivity index (χ1n) is 6.69. The van der Waals surface area contributed by atoms with Crippen LogP contribution in [0.15, 0.2) is 51.6 Å². The fraction of sp³-hybridized carbons (Fsp3) is 0.214. The van der Waals surface area contributed by atoms with Crippen LogP contribution in [0.2, 0.25) is 0 Å². The Hall–Kier alpha value is -1.52. The Labute approximate surface area is 142 Å². The van der Waals surface area contributed by atoms with Crippen LogP contribution in [-0.2, 0) is 22.7 Å². The molecule has 0 aliphatic heterocycles. The van der Waals surface area contributed by atoms with Crippen molar-refractivity contribution in [1.29, 1.82) is 0 Å². The average molecular weight is 369 g/mol. The van der Waals surface area contributed by atoms with Gasteiger partial charge in [0.15, 0.2) is 0 Å². The van der Waals surface area contributed by atoms with E-state index in [4.69, 9.17) is 0 Å². The molecule has 3 rings (SSSR count). The molecule has 0 aliphatic carbocycles. The lowest BCUT2D eigenvalue weighted by Crippen LogP contribution is -2.40. The van der Waals surface area contributed by atoms with Gasteiger partial charge in [-0.05, 0) is 28.3 Å². The molecule has 3 heterocycles. The second kappa shape index (κ2) is 6.17. The molecule has 9 heteroatoms. The van der Waals surface area contributed by atoms with Crippen molar-refractivity contribution < 1.29 is 13.5 Å². The van der Waals surface area contributed by atoms with Crippen LogP contribution >= 0.6 is 22.7 Å². The molecule has 0 unspecified atom stereocenters. The van der Waals surface area contributed by atoms with Gasteiger partial charge >= 0.3 is 0 Å². The lowest BCUT2D eigenvalue weighted by molar-refractivity contribution is 0.0903. The van der Waals surface area contributed by atoms with Gasteiger partial charge in [0.25, 0.3) is 0 Å². The summed E-state index contributed by atoms with van der Waals surface area (Å²) in [4.78, 5) is 0.753. The summed E-state index contributed by atoms with van der Waals surface area (Å²) in [6, 6.07) is 5.41. The topological polar surface area (TPSA) is 84.2 Å². The summed E-state index contributed by atoms with van der Waals surface area (Å²) < 4.78 is 28.6. The number of aromatic nitrogens is 2. The van der Waals surface area contributed by atoms with Gasteiger partial charge in [-0.1, -0.05) is 6.07 Å². The molecule has 3 aromatic heterocycles. The van der Waals surface area contributed by atoms with E-state index in [2.05, 4.69) is 9.82 Å². The molecule has 0 aliphatic rings. The predicted molar refractivity (Wildman–Crippen MR) is 90.0 cm³/mol. The number of aryl methyl sites for hydroxylation is 1. The Balaban J connectivity index is 1.89. The Morgan fingerprint density at radius 3 is 2.78 bits per heavy atom. The zero-order valence-corrected chi connectivity index (χ0v) is 14.7. The van der Waals surface area contributed by atoms with Crippen molar-refractivity contribution in [3.63, 3.8) is 0 Å². The van der Waals surface area contributed by atoms with Gasteiger partial charge in [-0.3, -0.25) is 4.68 Å². The molecule has 1 atom stereocenters. The first-order chi connectivity index (χ1) is 10.9. The van der Waals surface area contributed by atoms with Crippen molar-refractivity contribution >= 4 is 32.7 Å². The highest BCUT2D eigenvalue weighted by Gasteiger charge is 2.35. The number of rotatable bonds is 6. The highest BCUT2D eigenvalue weighted by Crippen LogP contribution is 2.33. The van der Waals surface area contributed by atoms with E-state index in [1.54, 1.807) is 19.2 Å². The maximum Gasteiger partial charge on any atom is 0.243 e. The summed E-state index contributed by atoms with van der Waals surface area (Å²) in [5.74, 6) is 0. The van der Waals surface area contributed by atoms with E-state index in [1.165, 1.54) is 39.7 Å². The molecular weight excluding hydrogens is 354 g/mol. The van der Waals surface area contributed by atoms with Gasteiger partial charge in [-0.2, -0.15) is 16.4 Å². The maximum atomic E-state index is 12.4. The van der Waals surface area contributed by atoms with Gasteiger partial charge in [0.1, 0.15) is 10.5 Å². The third-order valence-corrected chi connectivity index (χ3v) is 6.50. The van der Waals surface area contributed by atoms with Gasteiger partial charge in [0.2, 0.25) is 10.0 Å². The minimum atomic E-state index is -3.74. The van der Waals surface area contributed by atoms with Gasteiger partial charge in [-0.25, -0.2) is 13.1 Å². The number of nitrogens with zero attached hydrogens (tertiary/aromatic N) is 2. The van der Waals surface area contributed by atoms with Crippen LogP contribution in [0.25, 0.3) is 0 Å². The van der Waals surface area contributed by atoms with Crippen LogP contribution < -0.4 is 4.72 Å². The van der Waals surface area contributed by atoms with Crippen LogP contribution in [0.4, 0.5) is 0 Å². The van der Waals surface area contributed by atoms with Crippen molar-refractivity contribution in [2.75, 3.05) is 6.54 Å². The van der Waals surface area contributed by atoms with Crippen molar-refractivity contribution in [1.82, 2.24) is 14.5 Å². The Morgan fingerprint density at radius 1 is 1.39 bits per heavy atom. The van der Waals surface area contributed by atoms with Crippen molar-refractivity contribution in [2.45, 2.75) is 10.5 Å². The summed E-state index contributed by atoms with van der Waals surface area (Å²) >= 11 is 2.83. The molecule has 0 amide bonds. The van der Waals surface area contributed by atoms with E-state index < -0.39 is 15.6 Å². The number of hydrogen-bond donors (Lipinski definition) is 2. The van der Waals surface area contributed by atoms with E-state index >= 15 is 0 Å². The van der Waals surface area contributed by atoms with E-state index in [-0.39, 0.29) is 11.4 Å². The molecule has 0 saturated heterocycles.